The number of aliphatic hydroxyl groups excluding tert-OH is 1. The van der Waals surface area contributed by atoms with E-state index in [2.05, 4.69) is 0 Å². The Kier molecular flexibility index (Phi) is 9.79. The number of hydrogen-bond acceptors (Lipinski definition) is 13. The first kappa shape index (κ1) is 34.2. The van der Waals surface area contributed by atoms with Crippen LogP contribution in [0.25, 0.3) is 0 Å². The first-order valence-corrected chi connectivity index (χ1v) is 15.1. The summed E-state index contributed by atoms with van der Waals surface area (Å²) < 4.78 is 29.5. The number of nitrogens with two attached hydrogens (primary N) is 1. The maximum absolute atomic E-state index is 13.8. The molecule has 46 heavy (non-hydrogen) atoms. The molecule has 1 unspecified atom stereocenters. The zero-order valence-corrected chi connectivity index (χ0v) is 26.2. The van der Waals surface area contributed by atoms with Crippen LogP contribution in [0.2, 0.25) is 0 Å². The highest BCUT2D eigenvalue weighted by atomic mass is 35.5. The minimum absolute atomic E-state index is 0. The van der Waals surface area contributed by atoms with Gasteiger partial charge in [0.15, 0.2) is 24.1 Å². The van der Waals surface area contributed by atoms with E-state index in [0.717, 1.165) is 19.3 Å². The Morgan fingerprint density at radius 1 is 1.07 bits per heavy atom. The van der Waals surface area contributed by atoms with Gasteiger partial charge in [0.05, 0.1) is 36.0 Å². The Balaban J connectivity index is 0.00000417. The van der Waals surface area contributed by atoms with Gasteiger partial charge in [0, 0.05) is 48.6 Å². The summed E-state index contributed by atoms with van der Waals surface area (Å²) in [5.74, 6) is -3.67. The predicted octanol–water partition coefficient (Wildman–Crippen LogP) is 1.97. The Labute approximate surface area is 270 Å². The molecule has 250 valence electrons. The first-order chi connectivity index (χ1) is 21.5. The molecular formula is C32H38ClNO12. The van der Waals surface area contributed by atoms with Crippen LogP contribution < -0.4 is 10.5 Å². The molecule has 2 aliphatic carbocycles. The Hall–Kier alpha value is -3.14. The Morgan fingerprint density at radius 3 is 2.46 bits per heavy atom. The number of benzene rings is 2. The maximum atomic E-state index is 13.8. The first-order valence-electron chi connectivity index (χ1n) is 15.1. The van der Waals surface area contributed by atoms with Crippen molar-refractivity contribution in [3.63, 3.8) is 0 Å². The molecule has 7 atom stereocenters. The van der Waals surface area contributed by atoms with Crippen molar-refractivity contribution in [3.05, 3.63) is 51.6 Å². The van der Waals surface area contributed by atoms with E-state index in [1.807, 2.05) is 0 Å². The minimum Gasteiger partial charge on any atom is -0.507 e. The molecule has 4 aliphatic rings. The van der Waals surface area contributed by atoms with Crippen molar-refractivity contribution in [1.82, 2.24) is 0 Å². The highest BCUT2D eigenvalue weighted by Crippen LogP contribution is 2.52. The van der Waals surface area contributed by atoms with Gasteiger partial charge >= 0.3 is 0 Å². The second-order valence-electron chi connectivity index (χ2n) is 12.1. The molecule has 0 amide bonds. The number of aliphatic hydroxyl groups is 2. The molecule has 2 aromatic rings. The van der Waals surface area contributed by atoms with Crippen molar-refractivity contribution in [2.75, 3.05) is 20.3 Å². The number of carbonyl (C=O) groups excluding carboxylic acids is 3. The van der Waals surface area contributed by atoms with Gasteiger partial charge in [0.25, 0.3) is 0 Å². The summed E-state index contributed by atoms with van der Waals surface area (Å²) in [5.41, 5.74) is 2.98. The number of phenolic OH excluding ortho intramolecular Hbond substituents is 2. The monoisotopic (exact) mass is 663 g/mol. The summed E-state index contributed by atoms with van der Waals surface area (Å²) in [5, 5.41) is 44.2. The number of halogens is 1. The molecule has 2 saturated heterocycles. The second-order valence-corrected chi connectivity index (χ2v) is 12.1. The van der Waals surface area contributed by atoms with Crippen molar-refractivity contribution in [1.29, 1.82) is 0 Å². The van der Waals surface area contributed by atoms with Crippen molar-refractivity contribution < 1.29 is 58.5 Å². The molecule has 0 aromatic heterocycles. The number of hydrogen-bond donors (Lipinski definition) is 5. The SMILES string of the molecule is COc1cccc2c1C(=O)c1c(O)c3c(c(O)c1C2=O)C[C@@](O)(C(=O)CO)C[C@@H]3OC1C[C@H](N)[C@H](O[C@H]2CCCCO2)[C@H](C)O1.Cl. The van der Waals surface area contributed by atoms with E-state index in [9.17, 15) is 34.8 Å². The number of rotatable bonds is 7. The van der Waals surface area contributed by atoms with Crippen LogP contribution in [0, 0.1) is 0 Å². The van der Waals surface area contributed by atoms with Crippen molar-refractivity contribution >= 4 is 29.8 Å². The van der Waals surface area contributed by atoms with Crippen LogP contribution in [-0.2, 0) is 30.2 Å². The third-order valence-electron chi connectivity index (χ3n) is 9.22. The van der Waals surface area contributed by atoms with Crippen molar-refractivity contribution in [2.45, 2.75) is 88.0 Å². The molecule has 0 spiro atoms. The number of fused-ring (bicyclic) bond motifs is 3. The molecule has 0 bridgehead atoms. The van der Waals surface area contributed by atoms with Gasteiger partial charge in [-0.3, -0.25) is 14.4 Å². The molecule has 2 aromatic carbocycles. The summed E-state index contributed by atoms with van der Waals surface area (Å²) in [6, 6.07) is 3.86. The fourth-order valence-electron chi connectivity index (χ4n) is 6.95. The van der Waals surface area contributed by atoms with E-state index < -0.39 is 102 Å². The van der Waals surface area contributed by atoms with Gasteiger partial charge < -0.3 is 49.8 Å². The average molecular weight is 664 g/mol. The number of aromatic hydroxyl groups is 2. The van der Waals surface area contributed by atoms with Gasteiger partial charge in [-0.05, 0) is 32.3 Å². The van der Waals surface area contributed by atoms with E-state index in [-0.39, 0.29) is 46.8 Å². The van der Waals surface area contributed by atoms with Crippen LogP contribution in [0.15, 0.2) is 18.2 Å². The number of Topliss-reactive ketones (excluding diaryl/α,β-unsaturated/α-hetero) is 1. The normalized spacial score (nSPS) is 30.5. The standard InChI is InChI=1S/C32H37NO12.ClH/c1-14-31(45-21-8-3-4-9-42-21)17(33)10-22(43-14)44-19-12-32(40,20(35)13-34)11-16-24(19)30(39)26-25(28(16)37)27(36)15-6-5-7-18(41-2)23(15)29(26)38;/h5-7,14,17,19,21-22,31,34,37,39-40H,3-4,8-13,33H2,1-2H3;1H/t14-,17-,19-,21-,22?,31+,32-;/m0./s1. The van der Waals surface area contributed by atoms with Crippen LogP contribution in [0.4, 0.5) is 0 Å². The van der Waals surface area contributed by atoms with E-state index in [4.69, 9.17) is 29.4 Å². The largest absolute Gasteiger partial charge is 0.507 e. The predicted molar refractivity (Wildman–Crippen MR) is 161 cm³/mol. The third-order valence-corrected chi connectivity index (χ3v) is 9.22. The minimum atomic E-state index is -2.24. The molecule has 0 saturated carbocycles. The highest BCUT2D eigenvalue weighted by molar-refractivity contribution is 6.31. The lowest BCUT2D eigenvalue weighted by Gasteiger charge is -2.43. The molecule has 2 heterocycles. The molecule has 2 aliphatic heterocycles. The van der Waals surface area contributed by atoms with E-state index in [1.165, 1.54) is 25.3 Å². The number of methoxy groups -OCH3 is 1. The summed E-state index contributed by atoms with van der Waals surface area (Å²) in [6.45, 7) is 1.35. The third kappa shape index (κ3) is 5.69. The summed E-state index contributed by atoms with van der Waals surface area (Å²) in [4.78, 5) is 40.2. The summed E-state index contributed by atoms with van der Waals surface area (Å²) in [7, 11) is 1.34. The maximum Gasteiger partial charge on any atom is 0.202 e. The average Bonchev–Trinajstić information content (AvgIpc) is 3.02. The van der Waals surface area contributed by atoms with Gasteiger partial charge in [0.1, 0.15) is 35.6 Å². The highest BCUT2D eigenvalue weighted by Gasteiger charge is 2.50. The smallest absolute Gasteiger partial charge is 0.202 e. The fraction of sp³-hybridized carbons (Fsp3) is 0.531. The molecule has 13 nitrogen and oxygen atoms in total. The van der Waals surface area contributed by atoms with Crippen LogP contribution in [0.3, 0.4) is 0 Å². The number of ether oxygens (including phenoxy) is 5. The molecule has 0 radical (unpaired) electrons. The summed E-state index contributed by atoms with van der Waals surface area (Å²) in [6.07, 6.45) is -2.03. The van der Waals surface area contributed by atoms with Gasteiger partial charge in [-0.2, -0.15) is 0 Å². The Morgan fingerprint density at radius 2 is 1.80 bits per heavy atom. The second kappa shape index (κ2) is 13.2. The zero-order chi connectivity index (χ0) is 32.2. The van der Waals surface area contributed by atoms with Crippen LogP contribution in [0.5, 0.6) is 17.2 Å². The van der Waals surface area contributed by atoms with Gasteiger partial charge in [0.2, 0.25) is 5.78 Å². The van der Waals surface area contributed by atoms with Crippen LogP contribution in [-0.4, -0.2) is 94.5 Å². The van der Waals surface area contributed by atoms with Crippen molar-refractivity contribution in [2.24, 2.45) is 5.73 Å². The Bertz CT molecular complexity index is 1530. The van der Waals surface area contributed by atoms with E-state index in [0.29, 0.717) is 6.61 Å². The molecule has 2 fully saturated rings. The zero-order valence-electron chi connectivity index (χ0n) is 25.4. The van der Waals surface area contributed by atoms with Crippen LogP contribution >= 0.6 is 12.4 Å². The van der Waals surface area contributed by atoms with Crippen molar-refractivity contribution in [3.8, 4) is 17.2 Å². The number of ketones is 3. The number of carbonyl (C=O) groups is 3. The van der Waals surface area contributed by atoms with E-state index in [1.54, 1.807) is 6.92 Å². The van der Waals surface area contributed by atoms with Crippen LogP contribution in [0.1, 0.15) is 88.1 Å². The quantitative estimate of drug-likeness (QED) is 0.230. The topological polar surface area (TPSA) is 204 Å². The van der Waals surface area contributed by atoms with Gasteiger partial charge in [-0.25, -0.2) is 0 Å². The molecule has 14 heteroatoms. The van der Waals surface area contributed by atoms with E-state index >= 15 is 0 Å². The molecular weight excluding hydrogens is 626 g/mol. The van der Waals surface area contributed by atoms with Gasteiger partial charge in [-0.1, -0.05) is 12.1 Å². The lowest BCUT2D eigenvalue weighted by atomic mass is 9.72. The fourth-order valence-corrected chi connectivity index (χ4v) is 6.95. The summed E-state index contributed by atoms with van der Waals surface area (Å²) >= 11 is 0. The molecule has 6 N–H and O–H groups in total. The van der Waals surface area contributed by atoms with Gasteiger partial charge in [-0.15, -0.1) is 12.4 Å². The molecule has 6 rings (SSSR count). The number of phenols is 2. The lowest BCUT2D eigenvalue weighted by Crippen LogP contribution is -2.55. The lowest BCUT2D eigenvalue weighted by molar-refractivity contribution is -0.281.